The number of aliphatic imine (C=N–C) groups is 1. The number of amidine groups is 1. The Morgan fingerprint density at radius 3 is 2.88 bits per heavy atom. The number of imidazole rings is 1. The molecule has 10 heteroatoms. The van der Waals surface area contributed by atoms with Crippen molar-refractivity contribution in [2.75, 3.05) is 13.7 Å². The lowest BCUT2D eigenvalue weighted by atomic mass is 10.1. The highest BCUT2D eigenvalue weighted by Gasteiger charge is 2.29. The van der Waals surface area contributed by atoms with Crippen LogP contribution < -0.4 is 5.32 Å². The van der Waals surface area contributed by atoms with Crippen molar-refractivity contribution in [3.63, 3.8) is 0 Å². The predicted molar refractivity (Wildman–Crippen MR) is 97.2 cm³/mol. The van der Waals surface area contributed by atoms with Crippen LogP contribution in [0.3, 0.4) is 0 Å². The zero-order valence-corrected chi connectivity index (χ0v) is 15.7. The van der Waals surface area contributed by atoms with Gasteiger partial charge in [0.15, 0.2) is 0 Å². The van der Waals surface area contributed by atoms with Gasteiger partial charge in [-0.25, -0.2) is 9.98 Å². The number of ether oxygens (including phenoxy) is 1. The number of aromatic amines is 1. The van der Waals surface area contributed by atoms with E-state index in [1.807, 2.05) is 0 Å². The number of hydrogen-bond acceptors (Lipinski definition) is 5. The highest BCUT2D eigenvalue weighted by molar-refractivity contribution is 7.71. The van der Waals surface area contributed by atoms with Crippen LogP contribution in [0.1, 0.15) is 13.8 Å². The van der Waals surface area contributed by atoms with E-state index in [9.17, 15) is 9.46 Å². The lowest BCUT2D eigenvalue weighted by Gasteiger charge is -2.19. The summed E-state index contributed by atoms with van der Waals surface area (Å²) in [5, 5.41) is 3.03. The van der Waals surface area contributed by atoms with Crippen LogP contribution in [0.4, 0.5) is 5.69 Å². The molecule has 0 saturated carbocycles. The lowest BCUT2D eigenvalue weighted by molar-refractivity contribution is 0.107. The van der Waals surface area contributed by atoms with Gasteiger partial charge in [-0.2, -0.15) is 0 Å². The first-order valence-electron chi connectivity index (χ1n) is 7.52. The van der Waals surface area contributed by atoms with Crippen molar-refractivity contribution >= 4 is 30.5 Å². The SMILES string of the molecule is CCOP(=O)(O)/C(=N/c1ccc(-c2c[nH]cn2)cc1Cl)NC(C)OC. The summed E-state index contributed by atoms with van der Waals surface area (Å²) in [5.41, 5.74) is 1.60. The molecular weight excluding hydrogens is 367 g/mol. The van der Waals surface area contributed by atoms with Crippen molar-refractivity contribution in [1.82, 2.24) is 15.3 Å². The Morgan fingerprint density at radius 1 is 1.56 bits per heavy atom. The van der Waals surface area contributed by atoms with Gasteiger partial charge in [-0.15, -0.1) is 0 Å². The summed E-state index contributed by atoms with van der Waals surface area (Å²) >= 11 is 6.27. The molecule has 1 heterocycles. The molecule has 1 aromatic carbocycles. The normalized spacial score (nSPS) is 15.6. The molecule has 2 unspecified atom stereocenters. The molecule has 0 aliphatic heterocycles. The van der Waals surface area contributed by atoms with Crippen molar-refractivity contribution in [3.8, 4) is 11.3 Å². The number of nitrogens with one attached hydrogen (secondary N) is 2. The summed E-state index contributed by atoms with van der Waals surface area (Å²) in [6, 6.07) is 5.08. The Balaban J connectivity index is 2.39. The van der Waals surface area contributed by atoms with E-state index in [1.54, 1.807) is 44.6 Å². The molecule has 0 bridgehead atoms. The van der Waals surface area contributed by atoms with Crippen molar-refractivity contribution in [3.05, 3.63) is 35.7 Å². The van der Waals surface area contributed by atoms with E-state index in [2.05, 4.69) is 20.3 Å². The smallest absolute Gasteiger partial charge is 0.362 e. The maximum absolute atomic E-state index is 12.4. The number of nitrogens with zero attached hydrogens (tertiary/aromatic N) is 2. The second-order valence-corrected chi connectivity index (χ2v) is 7.15. The second kappa shape index (κ2) is 8.60. The number of aromatic nitrogens is 2. The zero-order valence-electron chi connectivity index (χ0n) is 14.1. The van der Waals surface area contributed by atoms with E-state index >= 15 is 0 Å². The maximum Gasteiger partial charge on any atom is 0.393 e. The van der Waals surface area contributed by atoms with Gasteiger partial charge in [-0.1, -0.05) is 17.7 Å². The first-order valence-corrected chi connectivity index (χ1v) is 9.47. The fraction of sp³-hybridized carbons (Fsp3) is 0.333. The fourth-order valence-electron chi connectivity index (χ4n) is 1.94. The van der Waals surface area contributed by atoms with Crippen LogP contribution in [0, 0.1) is 0 Å². The summed E-state index contributed by atoms with van der Waals surface area (Å²) in [6.45, 7) is 3.34. The molecule has 136 valence electrons. The van der Waals surface area contributed by atoms with E-state index in [0.29, 0.717) is 10.7 Å². The van der Waals surface area contributed by atoms with Crippen molar-refractivity contribution < 1.29 is 18.7 Å². The van der Waals surface area contributed by atoms with Gasteiger partial charge >= 0.3 is 7.60 Å². The monoisotopic (exact) mass is 386 g/mol. The average molecular weight is 387 g/mol. The van der Waals surface area contributed by atoms with Gasteiger partial charge in [0.1, 0.15) is 6.23 Å². The molecule has 1 aromatic heterocycles. The van der Waals surface area contributed by atoms with Crippen LogP contribution in [0.25, 0.3) is 11.3 Å². The number of H-pyrrole nitrogens is 1. The molecule has 8 nitrogen and oxygen atoms in total. The molecule has 0 spiro atoms. The Bertz CT molecular complexity index is 782. The number of rotatable bonds is 7. The largest absolute Gasteiger partial charge is 0.393 e. The van der Waals surface area contributed by atoms with Crippen LogP contribution in [0.15, 0.2) is 35.7 Å². The van der Waals surface area contributed by atoms with E-state index in [-0.39, 0.29) is 12.2 Å². The quantitative estimate of drug-likeness (QED) is 0.291. The predicted octanol–water partition coefficient (Wildman–Crippen LogP) is 3.52. The molecule has 2 aromatic rings. The van der Waals surface area contributed by atoms with Gasteiger partial charge in [0.25, 0.3) is 0 Å². The van der Waals surface area contributed by atoms with Crippen LogP contribution in [-0.4, -0.2) is 40.4 Å². The van der Waals surface area contributed by atoms with Gasteiger partial charge in [-0.3, -0.25) is 4.57 Å². The lowest BCUT2D eigenvalue weighted by Crippen LogP contribution is -2.34. The number of benzene rings is 1. The van der Waals surface area contributed by atoms with E-state index in [0.717, 1.165) is 11.3 Å². The summed E-state index contributed by atoms with van der Waals surface area (Å²) in [4.78, 5) is 21.3. The Morgan fingerprint density at radius 2 is 2.32 bits per heavy atom. The van der Waals surface area contributed by atoms with Crippen LogP contribution >= 0.6 is 19.2 Å². The van der Waals surface area contributed by atoms with Gasteiger partial charge in [-0.05, 0) is 26.0 Å². The van der Waals surface area contributed by atoms with Gasteiger partial charge in [0, 0.05) is 18.9 Å². The summed E-state index contributed by atoms with van der Waals surface area (Å²) in [6.07, 6.45) is 2.76. The van der Waals surface area contributed by atoms with Gasteiger partial charge < -0.3 is 24.5 Å². The molecule has 0 radical (unpaired) electrons. The standard InChI is InChI=1S/C15H20ClN4O4P/c1-4-24-25(21,22)15(19-10(2)23-3)20-13-6-5-11(7-12(13)16)14-8-17-9-18-14/h5-10H,4H2,1-3H3,(H,17,18)(H,19,20)(H,21,22). The topological polar surface area (TPSA) is 109 Å². The molecule has 2 atom stereocenters. The highest BCUT2D eigenvalue weighted by atomic mass is 35.5. The highest BCUT2D eigenvalue weighted by Crippen LogP contribution is 2.44. The minimum absolute atomic E-state index is 0.0572. The van der Waals surface area contributed by atoms with Crippen LogP contribution in [-0.2, 0) is 13.8 Å². The van der Waals surface area contributed by atoms with Gasteiger partial charge in [0.05, 0.1) is 29.3 Å². The number of hydrogen-bond donors (Lipinski definition) is 3. The summed E-state index contributed by atoms with van der Waals surface area (Å²) in [5.74, 6) is 0. The van der Waals surface area contributed by atoms with E-state index < -0.39 is 13.8 Å². The minimum Gasteiger partial charge on any atom is -0.362 e. The molecular formula is C15H20ClN4O4P. The average Bonchev–Trinajstić information content (AvgIpc) is 3.10. The first kappa shape index (κ1) is 19.6. The summed E-state index contributed by atoms with van der Waals surface area (Å²) in [7, 11) is -2.67. The van der Waals surface area contributed by atoms with E-state index in [4.69, 9.17) is 20.9 Å². The molecule has 0 aliphatic rings. The minimum atomic E-state index is -4.13. The van der Waals surface area contributed by atoms with Crippen LogP contribution in [0.5, 0.6) is 0 Å². The van der Waals surface area contributed by atoms with Crippen molar-refractivity contribution in [1.29, 1.82) is 0 Å². The first-order chi connectivity index (χ1) is 11.9. The fourth-order valence-corrected chi connectivity index (χ4v) is 3.22. The molecule has 0 saturated heterocycles. The van der Waals surface area contributed by atoms with Crippen molar-refractivity contribution in [2.45, 2.75) is 20.1 Å². The van der Waals surface area contributed by atoms with E-state index in [1.165, 1.54) is 7.11 Å². The third-order valence-corrected chi connectivity index (χ3v) is 4.90. The molecule has 3 N–H and O–H groups in total. The Hall–Kier alpha value is -1.70. The van der Waals surface area contributed by atoms with Gasteiger partial charge in [0.2, 0.25) is 5.58 Å². The van der Waals surface area contributed by atoms with Crippen LogP contribution in [0.2, 0.25) is 5.02 Å². The molecule has 0 fully saturated rings. The second-order valence-electron chi connectivity index (χ2n) is 5.02. The Kier molecular flexibility index (Phi) is 6.75. The third-order valence-electron chi connectivity index (χ3n) is 3.23. The molecule has 2 rings (SSSR count). The summed E-state index contributed by atoms with van der Waals surface area (Å²) < 4.78 is 22.4. The number of halogens is 1. The number of methoxy groups -OCH3 is 1. The molecule has 0 aliphatic carbocycles. The Labute approximate surface area is 150 Å². The molecule has 25 heavy (non-hydrogen) atoms. The zero-order chi connectivity index (χ0) is 18.4. The third kappa shape index (κ3) is 5.14. The van der Waals surface area contributed by atoms with Crippen molar-refractivity contribution in [2.24, 2.45) is 4.99 Å². The maximum atomic E-state index is 12.4. The molecule has 0 amide bonds.